The number of hydrazine groups is 1. The Balaban J connectivity index is -0.0000000339. The Hall–Kier alpha value is -1.19. The van der Waals surface area contributed by atoms with Crippen molar-refractivity contribution < 1.29 is 26.7 Å². The predicted octanol–water partition coefficient (Wildman–Crippen LogP) is -1.66. The van der Waals surface area contributed by atoms with E-state index >= 15 is 0 Å². The summed E-state index contributed by atoms with van der Waals surface area (Å²) in [6, 6.07) is 0. The standard InChI is InChI=1S/H4N2.2NO3.Ni/c1-2;2*2-1(3)4;/h1-2H2;;;/q;2*-1;+2. The van der Waals surface area contributed by atoms with Crippen LogP contribution in [0.5, 0.6) is 0 Å². The molecule has 0 unspecified atom stereocenters. The van der Waals surface area contributed by atoms with Crippen molar-refractivity contribution in [3.8, 4) is 0 Å². The molecule has 10 nitrogen and oxygen atoms in total. The number of hydrogen-bond acceptors (Lipinski definition) is 8. The molecule has 0 saturated heterocycles. The summed E-state index contributed by atoms with van der Waals surface area (Å²) in [4.78, 5) is 16.5. The second kappa shape index (κ2) is 23.2. The summed E-state index contributed by atoms with van der Waals surface area (Å²) in [7, 11) is 0. The van der Waals surface area contributed by atoms with Crippen molar-refractivity contribution in [1.82, 2.24) is 0 Å². The Morgan fingerprint density at radius 2 is 0.818 bits per heavy atom. The van der Waals surface area contributed by atoms with Gasteiger partial charge in [0.25, 0.3) is 0 Å². The summed E-state index contributed by atoms with van der Waals surface area (Å²) < 4.78 is 0. The van der Waals surface area contributed by atoms with Gasteiger partial charge in [0.15, 0.2) is 0 Å². The summed E-state index contributed by atoms with van der Waals surface area (Å²) in [5, 5.41) is 29.5. The zero-order valence-corrected chi connectivity index (χ0v) is 5.80. The number of rotatable bonds is 0. The Bertz CT molecular complexity index is 72.6. The third kappa shape index (κ3) is 291. The van der Waals surface area contributed by atoms with E-state index in [1.165, 1.54) is 0 Å². The van der Waals surface area contributed by atoms with Crippen LogP contribution in [0.15, 0.2) is 0 Å². The van der Waals surface area contributed by atoms with Crippen molar-refractivity contribution in [1.29, 1.82) is 0 Å². The molecule has 0 bridgehead atoms. The molecule has 0 atom stereocenters. The van der Waals surface area contributed by atoms with Gasteiger partial charge in [0.1, 0.15) is 0 Å². The topological polar surface area (TPSA) is 184 Å². The van der Waals surface area contributed by atoms with Gasteiger partial charge < -0.3 is 30.6 Å². The molecule has 70 valence electrons. The van der Waals surface area contributed by atoms with Crippen molar-refractivity contribution in [3.63, 3.8) is 0 Å². The van der Waals surface area contributed by atoms with Crippen LogP contribution >= 0.6 is 0 Å². The first-order chi connectivity index (χ1) is 4.46. The molecule has 0 aromatic carbocycles. The normalized spacial score (nSPS) is 4.91. The van der Waals surface area contributed by atoms with Gasteiger partial charge >= 0.3 is 16.5 Å². The molecule has 0 aromatic heterocycles. The summed E-state index contributed by atoms with van der Waals surface area (Å²) >= 11 is 0. The molecule has 0 aliphatic heterocycles. The largest absolute Gasteiger partial charge is 2.00 e. The predicted molar refractivity (Wildman–Crippen MR) is 29.1 cm³/mol. The minimum atomic E-state index is -1.75. The van der Waals surface area contributed by atoms with E-state index in [1.54, 1.807) is 0 Å². The van der Waals surface area contributed by atoms with Crippen molar-refractivity contribution in [2.45, 2.75) is 0 Å². The molecule has 0 amide bonds. The van der Waals surface area contributed by atoms with Gasteiger partial charge in [-0.05, 0) is 0 Å². The second-order valence-electron chi connectivity index (χ2n) is 0.447. The zero-order chi connectivity index (χ0) is 9.15. The molecule has 0 spiro atoms. The summed E-state index contributed by atoms with van der Waals surface area (Å²) in [5.74, 6) is 8.00. The fourth-order valence-electron chi connectivity index (χ4n) is 0. The maximum Gasteiger partial charge on any atom is 2.00 e. The Labute approximate surface area is 69.9 Å². The minimum Gasteiger partial charge on any atom is -0.356 e. The second-order valence-corrected chi connectivity index (χ2v) is 0.447. The maximum absolute atomic E-state index is 8.25. The van der Waals surface area contributed by atoms with Gasteiger partial charge in [-0.1, -0.05) is 0 Å². The van der Waals surface area contributed by atoms with Crippen LogP contribution in [0, 0.1) is 30.6 Å². The molecule has 0 radical (unpaired) electrons. The smallest absolute Gasteiger partial charge is 0.356 e. The van der Waals surface area contributed by atoms with Gasteiger partial charge in [0.2, 0.25) is 0 Å². The van der Waals surface area contributed by atoms with Gasteiger partial charge in [-0.15, -0.1) is 0 Å². The van der Waals surface area contributed by atoms with Crippen LogP contribution in [0.3, 0.4) is 0 Å². The van der Waals surface area contributed by atoms with Crippen molar-refractivity contribution in [2.75, 3.05) is 0 Å². The molecule has 0 heterocycles. The molecular formula is H4N4NiO6. The van der Waals surface area contributed by atoms with Crippen LogP contribution in [0.25, 0.3) is 0 Å². The molecule has 4 N–H and O–H groups in total. The number of hydrogen-bond donors (Lipinski definition) is 2. The quantitative estimate of drug-likeness (QED) is 0.207. The molecular weight excluding hydrogens is 211 g/mol. The van der Waals surface area contributed by atoms with E-state index in [-0.39, 0.29) is 16.5 Å². The van der Waals surface area contributed by atoms with Crippen LogP contribution in [0.1, 0.15) is 0 Å². The molecule has 11 heavy (non-hydrogen) atoms. The van der Waals surface area contributed by atoms with E-state index < -0.39 is 10.2 Å². The average molecular weight is 215 g/mol. The van der Waals surface area contributed by atoms with Crippen LogP contribution < -0.4 is 11.7 Å². The van der Waals surface area contributed by atoms with Crippen LogP contribution in [0.2, 0.25) is 0 Å². The van der Waals surface area contributed by atoms with Gasteiger partial charge in [0.05, 0.1) is 10.2 Å². The van der Waals surface area contributed by atoms with Gasteiger partial charge in [-0.25, -0.2) is 0 Å². The van der Waals surface area contributed by atoms with Crippen molar-refractivity contribution >= 4 is 0 Å². The average Bonchev–Trinajstić information content (AvgIpc) is 1.66. The van der Waals surface area contributed by atoms with E-state index in [0.717, 1.165) is 0 Å². The van der Waals surface area contributed by atoms with E-state index in [1.807, 2.05) is 0 Å². The molecule has 0 aromatic rings. The third-order valence-electron chi connectivity index (χ3n) is 0. The van der Waals surface area contributed by atoms with Gasteiger partial charge in [-0.3, -0.25) is 11.7 Å². The van der Waals surface area contributed by atoms with E-state index in [9.17, 15) is 0 Å². The summed E-state index contributed by atoms with van der Waals surface area (Å²) in [6.45, 7) is 0. The van der Waals surface area contributed by atoms with Crippen LogP contribution in [0.4, 0.5) is 0 Å². The Morgan fingerprint density at radius 3 is 0.818 bits per heavy atom. The van der Waals surface area contributed by atoms with Crippen LogP contribution in [-0.2, 0) is 16.5 Å². The van der Waals surface area contributed by atoms with Crippen molar-refractivity contribution in [2.24, 2.45) is 11.7 Å². The van der Waals surface area contributed by atoms with Gasteiger partial charge in [-0.2, -0.15) is 0 Å². The number of nitrogens with two attached hydrogens (primary N) is 2. The fraction of sp³-hybridized carbons (Fsp3) is 0. The maximum atomic E-state index is 8.25. The molecule has 0 rings (SSSR count). The first kappa shape index (κ1) is 22.6. The first-order valence-corrected chi connectivity index (χ1v) is 1.43. The number of nitrogens with zero attached hydrogens (tertiary/aromatic N) is 2. The Kier molecular flexibility index (Phi) is 47.6. The molecule has 11 heteroatoms. The monoisotopic (exact) mass is 214 g/mol. The fourth-order valence-corrected chi connectivity index (χ4v) is 0. The van der Waals surface area contributed by atoms with Crippen LogP contribution in [-0.4, -0.2) is 10.2 Å². The Morgan fingerprint density at radius 1 is 0.818 bits per heavy atom. The summed E-state index contributed by atoms with van der Waals surface area (Å²) in [5.41, 5.74) is 0. The van der Waals surface area contributed by atoms with E-state index in [4.69, 9.17) is 30.6 Å². The van der Waals surface area contributed by atoms with E-state index in [0.29, 0.717) is 0 Å². The van der Waals surface area contributed by atoms with Crippen molar-refractivity contribution in [3.05, 3.63) is 30.6 Å². The zero-order valence-electron chi connectivity index (χ0n) is 4.81. The molecule has 0 saturated carbocycles. The molecule has 0 aliphatic carbocycles. The van der Waals surface area contributed by atoms with Gasteiger partial charge in [0, 0.05) is 0 Å². The minimum absolute atomic E-state index is 0. The molecule has 0 fully saturated rings. The molecule has 0 aliphatic rings. The SMILES string of the molecule is NN.O=[N+]([O-])[O-].O=[N+]([O-])[O-].[Ni+2]. The third-order valence-corrected chi connectivity index (χ3v) is 0. The summed E-state index contributed by atoms with van der Waals surface area (Å²) in [6.07, 6.45) is 0. The van der Waals surface area contributed by atoms with E-state index in [2.05, 4.69) is 11.7 Å². The first-order valence-electron chi connectivity index (χ1n) is 1.43.